The minimum atomic E-state index is 0. The zero-order valence-corrected chi connectivity index (χ0v) is 20.8. The van der Waals surface area contributed by atoms with Crippen molar-refractivity contribution in [3.05, 3.63) is 0 Å². The van der Waals surface area contributed by atoms with Gasteiger partial charge in [-0.15, -0.1) is 0 Å². The van der Waals surface area contributed by atoms with Crippen molar-refractivity contribution in [2.45, 2.75) is 0 Å². The summed E-state index contributed by atoms with van der Waals surface area (Å²) in [5.41, 5.74) is 0. The Morgan fingerprint density at radius 2 is 0.909 bits per heavy atom. The Morgan fingerprint density at radius 1 is 0.636 bits per heavy atom. The Morgan fingerprint density at radius 3 is 1.14 bits per heavy atom. The van der Waals surface area contributed by atoms with Gasteiger partial charge in [-0.3, -0.25) is 9.80 Å². The Kier molecular flexibility index (Phi) is 13.7. The molecular formula is C12H20N4Na2S4. The van der Waals surface area contributed by atoms with Crippen molar-refractivity contribution in [3.8, 4) is 0 Å². The van der Waals surface area contributed by atoms with Crippen LogP contribution < -0.4 is 59.1 Å². The minimum absolute atomic E-state index is 0. The molecule has 0 N–H and O–H groups in total. The van der Waals surface area contributed by atoms with E-state index < -0.39 is 0 Å². The van der Waals surface area contributed by atoms with Crippen LogP contribution in [0.25, 0.3) is 0 Å². The van der Waals surface area contributed by atoms with Crippen molar-refractivity contribution < 1.29 is 59.1 Å². The van der Waals surface area contributed by atoms with Crippen molar-refractivity contribution in [1.29, 1.82) is 0 Å². The fraction of sp³-hybridized carbons (Fsp3) is 0.833. The standard InChI is InChI=1S/C12H22N4S4.2Na/c17-11(18)15-7-3-13(4-8-15)1-2-14-5-9-16(10-6-14)12(19)20;;/h1-10H2,(H,17,18)(H,19,20);;/q;2*+1/p-2. The predicted octanol–water partition coefficient (Wildman–Crippen LogP) is -6.11. The molecule has 10 heteroatoms. The summed E-state index contributed by atoms with van der Waals surface area (Å²) >= 11 is 20.2. The normalized spacial score (nSPS) is 20.0. The molecule has 2 aliphatic heterocycles. The minimum Gasteiger partial charge on any atom is -0.411 e. The van der Waals surface area contributed by atoms with E-state index in [2.05, 4.69) is 19.6 Å². The zero-order valence-electron chi connectivity index (χ0n) is 13.5. The molecule has 0 saturated carbocycles. The van der Waals surface area contributed by atoms with Crippen LogP contribution in [0.2, 0.25) is 0 Å². The average Bonchev–Trinajstić information content (AvgIpc) is 2.46. The summed E-state index contributed by atoms with van der Waals surface area (Å²) in [5.74, 6) is 0. The second-order valence-corrected chi connectivity index (χ2v) is 7.25. The molecule has 0 atom stereocenters. The van der Waals surface area contributed by atoms with Crippen LogP contribution in [0.3, 0.4) is 0 Å². The monoisotopic (exact) mass is 394 g/mol. The number of thiocarbonyl (C=S) groups is 2. The number of hydrogen-bond acceptors (Lipinski definition) is 6. The van der Waals surface area contributed by atoms with E-state index in [0.717, 1.165) is 65.4 Å². The Labute approximate surface area is 200 Å². The molecule has 2 rings (SSSR count). The fourth-order valence-electron chi connectivity index (χ4n) is 2.59. The van der Waals surface area contributed by atoms with Gasteiger partial charge >= 0.3 is 59.1 Å². The van der Waals surface area contributed by atoms with Gasteiger partial charge in [0.25, 0.3) is 0 Å². The Bertz CT molecular complexity index is 325. The molecule has 114 valence electrons. The Hall–Kier alpha value is 2.14. The maximum atomic E-state index is 5.04. The molecule has 0 aliphatic carbocycles. The number of piperazine rings is 2. The first-order valence-corrected chi connectivity index (χ1v) is 8.56. The van der Waals surface area contributed by atoms with E-state index >= 15 is 0 Å². The van der Waals surface area contributed by atoms with Gasteiger partial charge in [-0.05, 0) is 0 Å². The van der Waals surface area contributed by atoms with E-state index in [1.807, 2.05) is 0 Å². The summed E-state index contributed by atoms with van der Waals surface area (Å²) in [5, 5.41) is 0. The van der Waals surface area contributed by atoms with E-state index in [1.54, 1.807) is 0 Å². The molecule has 2 aliphatic rings. The number of rotatable bonds is 3. The quantitative estimate of drug-likeness (QED) is 0.263. The Balaban J connectivity index is 0.00000220. The number of nitrogens with zero attached hydrogens (tertiary/aromatic N) is 4. The van der Waals surface area contributed by atoms with Crippen LogP contribution in [0.5, 0.6) is 0 Å². The topological polar surface area (TPSA) is 13.0 Å². The van der Waals surface area contributed by atoms with Gasteiger partial charge in [-0.1, -0.05) is 8.64 Å². The molecule has 2 heterocycles. The van der Waals surface area contributed by atoms with Crippen LogP contribution in [0, 0.1) is 0 Å². The summed E-state index contributed by atoms with van der Waals surface area (Å²) in [6.45, 7) is 10.4. The van der Waals surface area contributed by atoms with Gasteiger partial charge in [0.1, 0.15) is 0 Å². The third-order valence-corrected chi connectivity index (χ3v) is 5.03. The largest absolute Gasteiger partial charge is 1.00 e. The number of hydrogen-bond donors (Lipinski definition) is 0. The maximum Gasteiger partial charge on any atom is 1.00 e. The summed E-state index contributed by atoms with van der Waals surface area (Å²) in [7, 11) is 0. The van der Waals surface area contributed by atoms with Crippen LogP contribution in [-0.2, 0) is 25.3 Å². The third-order valence-electron chi connectivity index (χ3n) is 3.99. The van der Waals surface area contributed by atoms with E-state index in [1.165, 1.54) is 0 Å². The molecule has 0 spiro atoms. The van der Waals surface area contributed by atoms with Gasteiger partial charge in [-0.25, -0.2) is 0 Å². The van der Waals surface area contributed by atoms with Gasteiger partial charge in [0, 0.05) is 65.4 Å². The van der Waals surface area contributed by atoms with Gasteiger partial charge in [0.05, 0.1) is 0 Å². The smallest absolute Gasteiger partial charge is 0.411 e. The molecule has 0 unspecified atom stereocenters. The summed E-state index contributed by atoms with van der Waals surface area (Å²) in [4.78, 5) is 9.22. The van der Waals surface area contributed by atoms with Crippen molar-refractivity contribution in [2.75, 3.05) is 65.4 Å². The second-order valence-electron chi connectivity index (χ2n) is 5.19. The van der Waals surface area contributed by atoms with Gasteiger partial charge in [-0.2, -0.15) is 0 Å². The molecule has 2 fully saturated rings. The van der Waals surface area contributed by atoms with Gasteiger partial charge < -0.3 is 59.5 Å². The summed E-state index contributed by atoms with van der Waals surface area (Å²) in [6.07, 6.45) is 0. The van der Waals surface area contributed by atoms with Crippen molar-refractivity contribution >= 4 is 58.3 Å². The molecule has 22 heavy (non-hydrogen) atoms. The predicted molar refractivity (Wildman–Crippen MR) is 96.0 cm³/mol. The first kappa shape index (κ1) is 24.1. The van der Waals surface area contributed by atoms with E-state index in [9.17, 15) is 0 Å². The van der Waals surface area contributed by atoms with Gasteiger partial charge in [0.15, 0.2) is 0 Å². The molecule has 4 nitrogen and oxygen atoms in total. The second kappa shape index (κ2) is 12.5. The fourth-order valence-corrected chi connectivity index (χ4v) is 3.32. The first-order chi connectivity index (χ1) is 9.56. The van der Waals surface area contributed by atoms with E-state index in [-0.39, 0.29) is 59.1 Å². The molecule has 0 aromatic carbocycles. The van der Waals surface area contributed by atoms with Crippen LogP contribution >= 0.6 is 24.4 Å². The summed E-state index contributed by atoms with van der Waals surface area (Å²) < 4.78 is 1.22. The summed E-state index contributed by atoms with van der Waals surface area (Å²) in [6, 6.07) is 0. The molecule has 2 saturated heterocycles. The van der Waals surface area contributed by atoms with Crippen LogP contribution in [-0.4, -0.2) is 93.7 Å². The van der Waals surface area contributed by atoms with E-state index in [4.69, 9.17) is 49.7 Å². The van der Waals surface area contributed by atoms with Crippen LogP contribution in [0.1, 0.15) is 0 Å². The van der Waals surface area contributed by atoms with Crippen LogP contribution in [0.4, 0.5) is 0 Å². The average molecular weight is 395 g/mol. The SMILES string of the molecule is S=C([S-])N1CCN(CCN2CCN(C(=S)[S-])CC2)CC1.[Na+].[Na+]. The van der Waals surface area contributed by atoms with Crippen LogP contribution in [0.15, 0.2) is 0 Å². The molecule has 0 bridgehead atoms. The first-order valence-electron chi connectivity index (χ1n) is 6.93. The maximum absolute atomic E-state index is 5.04. The van der Waals surface area contributed by atoms with Crippen molar-refractivity contribution in [2.24, 2.45) is 0 Å². The third kappa shape index (κ3) is 8.01. The van der Waals surface area contributed by atoms with Crippen molar-refractivity contribution in [3.63, 3.8) is 0 Å². The molecule has 0 amide bonds. The molecule has 0 aromatic rings. The molecular weight excluding hydrogens is 374 g/mol. The van der Waals surface area contributed by atoms with Gasteiger partial charge in [0.2, 0.25) is 0 Å². The zero-order chi connectivity index (χ0) is 14.5. The molecule has 0 radical (unpaired) electrons. The van der Waals surface area contributed by atoms with Crippen molar-refractivity contribution in [1.82, 2.24) is 19.6 Å². The van der Waals surface area contributed by atoms with E-state index in [0.29, 0.717) is 8.64 Å². The molecule has 0 aromatic heterocycles.